The first kappa shape index (κ1) is 21.6. The fraction of sp³-hybridized carbons (Fsp3) is 0.185. The maximum Gasteiger partial charge on any atom is 0.255 e. The molecule has 1 aromatic heterocycles. The van der Waals surface area contributed by atoms with E-state index in [0.29, 0.717) is 11.3 Å². The number of aromatic nitrogens is 2. The zero-order chi connectivity index (χ0) is 23.8. The molecule has 1 amide bonds. The lowest BCUT2D eigenvalue weighted by atomic mass is 9.94. The minimum Gasteiger partial charge on any atom is -0.497 e. The lowest BCUT2D eigenvalue weighted by molar-refractivity contribution is -0.113. The van der Waals surface area contributed by atoms with Gasteiger partial charge in [-0.15, -0.1) is 0 Å². The van der Waals surface area contributed by atoms with Gasteiger partial charge in [0.1, 0.15) is 5.75 Å². The first-order valence-corrected chi connectivity index (χ1v) is 11.1. The molecule has 0 radical (unpaired) electrons. The normalized spacial score (nSPS) is 15.0. The number of carbonyl (C=O) groups excluding carboxylic acids is 1. The molecule has 3 aromatic carbocycles. The van der Waals surface area contributed by atoms with Gasteiger partial charge in [0.25, 0.3) is 5.91 Å². The Morgan fingerprint density at radius 2 is 1.74 bits per heavy atom. The average Bonchev–Trinajstić information content (AvgIpc) is 3.21. The highest BCUT2D eigenvalue weighted by Crippen LogP contribution is 2.39. The maximum atomic E-state index is 13.7. The van der Waals surface area contributed by atoms with Gasteiger partial charge in [0.05, 0.1) is 29.8 Å². The monoisotopic (exact) mass is 453 g/mol. The molecule has 34 heavy (non-hydrogen) atoms. The zero-order valence-corrected chi connectivity index (χ0v) is 19.7. The van der Waals surface area contributed by atoms with E-state index < -0.39 is 0 Å². The van der Waals surface area contributed by atoms with Gasteiger partial charge in [0, 0.05) is 31.2 Å². The molecule has 4 aromatic rings. The van der Waals surface area contributed by atoms with Crippen LogP contribution in [-0.2, 0) is 4.79 Å². The van der Waals surface area contributed by atoms with Crippen LogP contribution in [0.2, 0.25) is 0 Å². The second kappa shape index (κ2) is 8.59. The molecule has 7 nitrogen and oxygen atoms in total. The number of nitrogens with one attached hydrogen (secondary N) is 2. The number of benzene rings is 3. The van der Waals surface area contributed by atoms with Crippen molar-refractivity contribution in [2.45, 2.75) is 13.0 Å². The minimum atomic E-state index is -0.335. The molecule has 2 N–H and O–H groups in total. The van der Waals surface area contributed by atoms with E-state index in [9.17, 15) is 4.79 Å². The Balaban J connectivity index is 1.61. The number of hydrogen-bond donors (Lipinski definition) is 2. The number of hydrogen-bond acceptors (Lipinski definition) is 5. The van der Waals surface area contributed by atoms with Crippen molar-refractivity contribution >= 4 is 34.3 Å². The van der Waals surface area contributed by atoms with E-state index in [1.54, 1.807) is 7.11 Å². The van der Waals surface area contributed by atoms with Gasteiger partial charge in [-0.2, -0.15) is 0 Å². The van der Waals surface area contributed by atoms with Crippen molar-refractivity contribution in [2.24, 2.45) is 0 Å². The Morgan fingerprint density at radius 1 is 1.03 bits per heavy atom. The van der Waals surface area contributed by atoms with E-state index in [1.165, 1.54) is 0 Å². The Kier molecular flexibility index (Phi) is 5.45. The molecular formula is C27H27N5O2. The van der Waals surface area contributed by atoms with Crippen LogP contribution >= 0.6 is 0 Å². The molecule has 0 saturated carbocycles. The molecule has 7 heteroatoms. The topological polar surface area (TPSA) is 71.4 Å². The predicted octanol–water partition coefficient (Wildman–Crippen LogP) is 5.04. The fourth-order valence-corrected chi connectivity index (χ4v) is 4.40. The summed E-state index contributed by atoms with van der Waals surface area (Å²) in [6.07, 6.45) is 0. The number of para-hydroxylation sites is 2. The van der Waals surface area contributed by atoms with Gasteiger partial charge in [0.15, 0.2) is 0 Å². The van der Waals surface area contributed by atoms with E-state index in [2.05, 4.69) is 44.4 Å². The van der Waals surface area contributed by atoms with Gasteiger partial charge in [0.2, 0.25) is 5.95 Å². The summed E-state index contributed by atoms with van der Waals surface area (Å²) in [5, 5.41) is 6.42. The SMILES string of the molecule is COc1ccc(NC(=O)C2=C(C)Nc3nc4ccccc4n3[C@@H]2c2ccc(N(C)C)cc2)cc1. The van der Waals surface area contributed by atoms with Gasteiger partial charge >= 0.3 is 0 Å². The highest BCUT2D eigenvalue weighted by molar-refractivity contribution is 6.06. The number of imidazole rings is 1. The van der Waals surface area contributed by atoms with Crippen molar-refractivity contribution in [1.29, 1.82) is 0 Å². The molecule has 1 aliphatic rings. The highest BCUT2D eigenvalue weighted by Gasteiger charge is 2.34. The number of carbonyl (C=O) groups is 1. The first-order valence-electron chi connectivity index (χ1n) is 11.1. The number of rotatable bonds is 5. The van der Waals surface area contributed by atoms with Crippen molar-refractivity contribution in [1.82, 2.24) is 9.55 Å². The Hall–Kier alpha value is -4.26. The van der Waals surface area contributed by atoms with Crippen LogP contribution in [0.15, 0.2) is 84.1 Å². The van der Waals surface area contributed by atoms with Crippen LogP contribution in [0.25, 0.3) is 11.0 Å². The summed E-state index contributed by atoms with van der Waals surface area (Å²) in [5.74, 6) is 1.29. The van der Waals surface area contributed by atoms with Gasteiger partial charge < -0.3 is 20.3 Å². The summed E-state index contributed by atoms with van der Waals surface area (Å²) in [5.41, 5.74) is 6.07. The third kappa shape index (κ3) is 3.75. The fourth-order valence-electron chi connectivity index (χ4n) is 4.40. The summed E-state index contributed by atoms with van der Waals surface area (Å²) in [4.78, 5) is 20.5. The lowest BCUT2D eigenvalue weighted by Gasteiger charge is -2.31. The summed E-state index contributed by atoms with van der Waals surface area (Å²) in [6.45, 7) is 1.92. The molecule has 0 fully saturated rings. The number of fused-ring (bicyclic) bond motifs is 3. The van der Waals surface area contributed by atoms with Crippen LogP contribution in [0.3, 0.4) is 0 Å². The van der Waals surface area contributed by atoms with Gasteiger partial charge in [-0.25, -0.2) is 4.98 Å². The molecule has 0 aliphatic carbocycles. The molecule has 0 saturated heterocycles. The largest absolute Gasteiger partial charge is 0.497 e. The Bertz CT molecular complexity index is 1390. The van der Waals surface area contributed by atoms with Gasteiger partial charge in [-0.1, -0.05) is 24.3 Å². The zero-order valence-electron chi connectivity index (χ0n) is 19.7. The number of methoxy groups -OCH3 is 1. The minimum absolute atomic E-state index is 0.166. The Morgan fingerprint density at radius 3 is 2.41 bits per heavy atom. The van der Waals surface area contributed by atoms with Crippen LogP contribution in [-0.4, -0.2) is 36.7 Å². The summed E-state index contributed by atoms with van der Waals surface area (Å²) >= 11 is 0. The van der Waals surface area contributed by atoms with Crippen LogP contribution < -0.4 is 20.3 Å². The van der Waals surface area contributed by atoms with Gasteiger partial charge in [-0.3, -0.25) is 9.36 Å². The van der Waals surface area contributed by atoms with E-state index in [4.69, 9.17) is 9.72 Å². The van der Waals surface area contributed by atoms with Crippen molar-refractivity contribution in [3.63, 3.8) is 0 Å². The molecule has 0 bridgehead atoms. The third-order valence-corrected chi connectivity index (χ3v) is 6.15. The molecule has 2 heterocycles. The lowest BCUT2D eigenvalue weighted by Crippen LogP contribution is -2.31. The van der Waals surface area contributed by atoms with Crippen LogP contribution in [0.5, 0.6) is 5.75 Å². The Labute approximate surface area is 198 Å². The molecule has 0 unspecified atom stereocenters. The second-order valence-corrected chi connectivity index (χ2v) is 8.53. The smallest absolute Gasteiger partial charge is 0.255 e. The quantitative estimate of drug-likeness (QED) is 0.443. The molecule has 0 spiro atoms. The van der Waals surface area contributed by atoms with E-state index in [1.807, 2.05) is 69.6 Å². The van der Waals surface area contributed by atoms with Crippen molar-refractivity contribution in [3.05, 3.63) is 89.6 Å². The molecule has 1 atom stereocenters. The van der Waals surface area contributed by atoms with Crippen molar-refractivity contribution in [3.8, 4) is 5.75 Å². The number of ether oxygens (including phenoxy) is 1. The second-order valence-electron chi connectivity index (χ2n) is 8.53. The summed E-state index contributed by atoms with van der Waals surface area (Å²) < 4.78 is 7.34. The number of allylic oxidation sites excluding steroid dienone is 1. The number of amides is 1. The highest BCUT2D eigenvalue weighted by atomic mass is 16.5. The standard InChI is InChI=1S/C27H27N5O2/c1-17-24(26(33)29-19-11-15-21(34-4)16-12-19)25(18-9-13-20(14-10-18)31(2)3)32-23-8-6-5-7-22(23)30-27(32)28-17/h5-16,25H,1-4H3,(H,28,30)(H,29,33)/t25-/m1/s1. The predicted molar refractivity (Wildman–Crippen MR) is 137 cm³/mol. The molecule has 172 valence electrons. The third-order valence-electron chi connectivity index (χ3n) is 6.15. The van der Waals surface area contributed by atoms with Crippen LogP contribution in [0, 0.1) is 0 Å². The first-order chi connectivity index (χ1) is 16.5. The van der Waals surface area contributed by atoms with E-state index in [-0.39, 0.29) is 11.9 Å². The van der Waals surface area contributed by atoms with Crippen LogP contribution in [0.1, 0.15) is 18.5 Å². The summed E-state index contributed by atoms with van der Waals surface area (Å²) in [6, 6.07) is 23.3. The average molecular weight is 454 g/mol. The number of anilines is 3. The number of nitrogens with zero attached hydrogens (tertiary/aromatic N) is 3. The molecule has 1 aliphatic heterocycles. The van der Waals surface area contributed by atoms with E-state index >= 15 is 0 Å². The van der Waals surface area contributed by atoms with Crippen LogP contribution in [0.4, 0.5) is 17.3 Å². The molecule has 5 rings (SSSR count). The maximum absolute atomic E-state index is 13.7. The summed E-state index contributed by atoms with van der Waals surface area (Å²) in [7, 11) is 5.65. The van der Waals surface area contributed by atoms with Crippen molar-refractivity contribution in [2.75, 3.05) is 36.7 Å². The molecular weight excluding hydrogens is 426 g/mol. The van der Waals surface area contributed by atoms with Gasteiger partial charge in [-0.05, 0) is 61.0 Å². The van der Waals surface area contributed by atoms with Crippen molar-refractivity contribution < 1.29 is 9.53 Å². The van der Waals surface area contributed by atoms with E-state index in [0.717, 1.165) is 39.7 Å².